The minimum absolute atomic E-state index is 0.215. The number of ether oxygens (including phenoxy) is 2. The lowest BCUT2D eigenvalue weighted by Crippen LogP contribution is -2.19. The third-order valence-electron chi connectivity index (χ3n) is 5.19. The number of hydrogen-bond acceptors (Lipinski definition) is 8. The molecule has 0 fully saturated rings. The molecule has 0 saturated heterocycles. The van der Waals surface area contributed by atoms with Gasteiger partial charge < -0.3 is 25.5 Å². The number of hydrogen-bond donors (Lipinski definition) is 3. The highest BCUT2D eigenvalue weighted by Gasteiger charge is 2.19. The first kappa shape index (κ1) is 24.0. The van der Waals surface area contributed by atoms with E-state index in [-0.39, 0.29) is 6.04 Å². The molecule has 33 heavy (non-hydrogen) atoms. The summed E-state index contributed by atoms with van der Waals surface area (Å²) < 4.78 is 11.0. The zero-order valence-electron chi connectivity index (χ0n) is 19.9. The first-order valence-electron chi connectivity index (χ1n) is 11.1. The van der Waals surface area contributed by atoms with Gasteiger partial charge in [-0.3, -0.25) is 4.98 Å². The molecule has 3 rings (SSSR count). The van der Waals surface area contributed by atoms with Gasteiger partial charge in [0, 0.05) is 25.0 Å². The number of aromatic nitrogens is 3. The molecule has 0 spiro atoms. The van der Waals surface area contributed by atoms with Crippen LogP contribution in [-0.2, 0) is 6.54 Å². The van der Waals surface area contributed by atoms with E-state index in [1.807, 2.05) is 31.2 Å². The maximum absolute atomic E-state index is 8.41. The van der Waals surface area contributed by atoms with Gasteiger partial charge in [0.2, 0.25) is 5.88 Å². The summed E-state index contributed by atoms with van der Waals surface area (Å²) in [6.07, 6.45) is 6.12. The molecule has 3 N–H and O–H groups in total. The van der Waals surface area contributed by atoms with E-state index in [0.717, 1.165) is 28.9 Å². The Morgan fingerprint density at radius 1 is 1.21 bits per heavy atom. The predicted octanol–water partition coefficient (Wildman–Crippen LogP) is 5.16. The van der Waals surface area contributed by atoms with Gasteiger partial charge in [0.25, 0.3) is 0 Å². The molecule has 3 heterocycles. The molecule has 174 valence electrons. The van der Waals surface area contributed by atoms with Crippen LogP contribution in [0, 0.1) is 5.41 Å². The SMILES string of the molecule is CCOc1ncccc1-c1cc(NCc2cncc(OC)c2)c(NC(C)CC)c(C(C)=N)n1. The summed E-state index contributed by atoms with van der Waals surface area (Å²) in [7, 11) is 1.63. The molecule has 3 aromatic rings. The van der Waals surface area contributed by atoms with Crippen LogP contribution in [0.4, 0.5) is 11.4 Å². The maximum atomic E-state index is 8.41. The molecule has 0 radical (unpaired) electrons. The van der Waals surface area contributed by atoms with E-state index in [9.17, 15) is 0 Å². The highest BCUT2D eigenvalue weighted by molar-refractivity contribution is 6.03. The molecule has 1 unspecified atom stereocenters. The van der Waals surface area contributed by atoms with Crippen LogP contribution >= 0.6 is 0 Å². The van der Waals surface area contributed by atoms with Gasteiger partial charge >= 0.3 is 0 Å². The summed E-state index contributed by atoms with van der Waals surface area (Å²) in [6, 6.07) is 7.93. The molecule has 3 aromatic heterocycles. The van der Waals surface area contributed by atoms with Crippen LogP contribution in [0.15, 0.2) is 42.9 Å². The molecule has 0 aliphatic heterocycles. The van der Waals surface area contributed by atoms with Gasteiger partial charge in [-0.2, -0.15) is 0 Å². The van der Waals surface area contributed by atoms with Crippen LogP contribution in [0.25, 0.3) is 11.3 Å². The van der Waals surface area contributed by atoms with Crippen LogP contribution in [-0.4, -0.2) is 40.4 Å². The van der Waals surface area contributed by atoms with Gasteiger partial charge in [-0.25, -0.2) is 9.97 Å². The quantitative estimate of drug-likeness (QED) is 0.348. The number of methoxy groups -OCH3 is 1. The van der Waals surface area contributed by atoms with Gasteiger partial charge in [-0.15, -0.1) is 0 Å². The van der Waals surface area contributed by atoms with Gasteiger partial charge in [0.1, 0.15) is 11.4 Å². The number of nitrogens with one attached hydrogen (secondary N) is 3. The van der Waals surface area contributed by atoms with E-state index < -0.39 is 0 Å². The minimum atomic E-state index is 0.215. The molecule has 8 heteroatoms. The van der Waals surface area contributed by atoms with Crippen molar-refractivity contribution in [3.63, 3.8) is 0 Å². The summed E-state index contributed by atoms with van der Waals surface area (Å²) in [6.45, 7) is 8.94. The zero-order valence-corrected chi connectivity index (χ0v) is 19.9. The zero-order chi connectivity index (χ0) is 23.8. The number of pyridine rings is 3. The van der Waals surface area contributed by atoms with Crippen molar-refractivity contribution in [1.82, 2.24) is 15.0 Å². The Hall–Kier alpha value is -3.68. The lowest BCUT2D eigenvalue weighted by Gasteiger charge is -2.22. The third-order valence-corrected chi connectivity index (χ3v) is 5.19. The predicted molar refractivity (Wildman–Crippen MR) is 133 cm³/mol. The Morgan fingerprint density at radius 3 is 2.73 bits per heavy atom. The average molecular weight is 449 g/mol. The largest absolute Gasteiger partial charge is 0.495 e. The smallest absolute Gasteiger partial charge is 0.222 e. The highest BCUT2D eigenvalue weighted by Crippen LogP contribution is 2.35. The summed E-state index contributed by atoms with van der Waals surface area (Å²) in [5.41, 5.74) is 5.05. The van der Waals surface area contributed by atoms with Crippen molar-refractivity contribution >= 4 is 17.1 Å². The van der Waals surface area contributed by atoms with E-state index >= 15 is 0 Å². The monoisotopic (exact) mass is 448 g/mol. The minimum Gasteiger partial charge on any atom is -0.495 e. The fourth-order valence-electron chi connectivity index (χ4n) is 3.30. The first-order valence-corrected chi connectivity index (χ1v) is 11.1. The third kappa shape index (κ3) is 5.97. The highest BCUT2D eigenvalue weighted by atomic mass is 16.5. The lowest BCUT2D eigenvalue weighted by molar-refractivity contribution is 0.328. The summed E-state index contributed by atoms with van der Waals surface area (Å²) in [5.74, 6) is 1.22. The number of nitrogens with zero attached hydrogens (tertiary/aromatic N) is 3. The molecule has 0 aliphatic carbocycles. The Kier molecular flexibility index (Phi) is 8.18. The first-order chi connectivity index (χ1) is 16.0. The van der Waals surface area contributed by atoms with Crippen molar-refractivity contribution in [3.8, 4) is 22.9 Å². The van der Waals surface area contributed by atoms with E-state index in [0.29, 0.717) is 41.9 Å². The van der Waals surface area contributed by atoms with Crippen molar-refractivity contribution in [2.75, 3.05) is 24.4 Å². The van der Waals surface area contributed by atoms with Crippen LogP contribution in [0.1, 0.15) is 45.4 Å². The van der Waals surface area contributed by atoms with Crippen LogP contribution < -0.4 is 20.1 Å². The molecule has 0 aliphatic rings. The second kappa shape index (κ2) is 11.3. The second-order valence-electron chi connectivity index (χ2n) is 7.73. The van der Waals surface area contributed by atoms with Gasteiger partial charge in [-0.1, -0.05) is 6.92 Å². The van der Waals surface area contributed by atoms with Crippen molar-refractivity contribution in [2.24, 2.45) is 0 Å². The second-order valence-corrected chi connectivity index (χ2v) is 7.73. The van der Waals surface area contributed by atoms with Crippen molar-refractivity contribution in [1.29, 1.82) is 5.41 Å². The summed E-state index contributed by atoms with van der Waals surface area (Å²) >= 11 is 0. The summed E-state index contributed by atoms with van der Waals surface area (Å²) in [5, 5.41) is 15.5. The molecule has 1 atom stereocenters. The molecule has 0 bridgehead atoms. The Bertz CT molecular complexity index is 1100. The molecule has 0 aromatic carbocycles. The van der Waals surface area contributed by atoms with Crippen LogP contribution in [0.3, 0.4) is 0 Å². The van der Waals surface area contributed by atoms with Crippen molar-refractivity contribution in [2.45, 2.75) is 46.7 Å². The molecular formula is C25H32N6O2. The van der Waals surface area contributed by atoms with Gasteiger partial charge in [0.15, 0.2) is 0 Å². The van der Waals surface area contributed by atoms with Gasteiger partial charge in [-0.05, 0) is 57.0 Å². The Balaban J connectivity index is 2.09. The van der Waals surface area contributed by atoms with Crippen LogP contribution in [0.5, 0.6) is 11.6 Å². The van der Waals surface area contributed by atoms with E-state index in [1.165, 1.54) is 0 Å². The normalized spacial score (nSPS) is 11.5. The van der Waals surface area contributed by atoms with E-state index in [4.69, 9.17) is 19.9 Å². The topological polar surface area (TPSA) is 105 Å². The lowest BCUT2D eigenvalue weighted by atomic mass is 10.1. The van der Waals surface area contributed by atoms with Crippen LogP contribution in [0.2, 0.25) is 0 Å². The Labute approximate surface area is 195 Å². The summed E-state index contributed by atoms with van der Waals surface area (Å²) in [4.78, 5) is 13.5. The molecular weight excluding hydrogens is 416 g/mol. The standard InChI is InChI=1S/C25H32N6O2/c1-6-16(3)30-24-22(29-14-18-11-19(32-5)15-27-13-18)12-21(31-23(24)17(4)26)20-9-8-10-28-25(20)33-7-2/h8-13,15-16,26,30H,6-7,14H2,1-5H3,(H,29,31). The van der Waals surface area contributed by atoms with Gasteiger partial charge in [0.05, 0.1) is 48.3 Å². The van der Waals surface area contributed by atoms with E-state index in [1.54, 1.807) is 32.6 Å². The molecule has 0 amide bonds. The fourth-order valence-corrected chi connectivity index (χ4v) is 3.30. The Morgan fingerprint density at radius 2 is 2.03 bits per heavy atom. The maximum Gasteiger partial charge on any atom is 0.222 e. The average Bonchev–Trinajstić information content (AvgIpc) is 2.83. The van der Waals surface area contributed by atoms with E-state index in [2.05, 4.69) is 34.4 Å². The number of anilines is 2. The number of rotatable bonds is 11. The van der Waals surface area contributed by atoms with Crippen molar-refractivity contribution < 1.29 is 9.47 Å². The fraction of sp³-hybridized carbons (Fsp3) is 0.360. The molecule has 8 nitrogen and oxygen atoms in total. The van der Waals surface area contributed by atoms with Crippen molar-refractivity contribution in [3.05, 3.63) is 54.1 Å². The molecule has 0 saturated carbocycles.